The summed E-state index contributed by atoms with van der Waals surface area (Å²) in [5, 5.41) is 6.64. The predicted molar refractivity (Wildman–Crippen MR) is 110 cm³/mol. The number of halogens is 1. The SMILES string of the molecule is Cn1ccnc1CNc1ccc(C(=O)N2CCNCC2c2ccc(F)cc2)cc1. The lowest BCUT2D eigenvalue weighted by atomic mass is 10.0. The van der Waals surface area contributed by atoms with E-state index in [4.69, 9.17) is 0 Å². The van der Waals surface area contributed by atoms with Crippen molar-refractivity contribution in [1.29, 1.82) is 0 Å². The van der Waals surface area contributed by atoms with E-state index < -0.39 is 0 Å². The molecule has 0 aliphatic carbocycles. The van der Waals surface area contributed by atoms with Crippen LogP contribution in [0.2, 0.25) is 0 Å². The van der Waals surface area contributed by atoms with E-state index in [1.807, 2.05) is 47.0 Å². The van der Waals surface area contributed by atoms with Gasteiger partial charge in [-0.3, -0.25) is 4.79 Å². The summed E-state index contributed by atoms with van der Waals surface area (Å²) in [6.07, 6.45) is 3.67. The molecule has 7 heteroatoms. The molecule has 150 valence electrons. The van der Waals surface area contributed by atoms with Crippen LogP contribution in [0, 0.1) is 5.82 Å². The van der Waals surface area contributed by atoms with Crippen molar-refractivity contribution in [2.75, 3.05) is 25.0 Å². The summed E-state index contributed by atoms with van der Waals surface area (Å²) in [4.78, 5) is 19.3. The third-order valence-electron chi connectivity index (χ3n) is 5.26. The van der Waals surface area contributed by atoms with Gasteiger partial charge in [0.15, 0.2) is 0 Å². The Bertz CT molecular complexity index is 968. The number of carbonyl (C=O) groups is 1. The zero-order chi connectivity index (χ0) is 20.2. The number of anilines is 1. The molecule has 0 spiro atoms. The van der Waals surface area contributed by atoms with E-state index in [0.717, 1.165) is 23.6 Å². The van der Waals surface area contributed by atoms with Crippen LogP contribution in [0.5, 0.6) is 0 Å². The molecule has 1 aliphatic heterocycles. The van der Waals surface area contributed by atoms with Crippen LogP contribution in [0.15, 0.2) is 60.9 Å². The lowest BCUT2D eigenvalue weighted by molar-refractivity contribution is 0.0634. The van der Waals surface area contributed by atoms with Gasteiger partial charge in [-0.15, -0.1) is 0 Å². The molecular weight excluding hydrogens is 369 g/mol. The molecule has 1 amide bonds. The molecule has 2 aromatic carbocycles. The standard InChI is InChI=1S/C22H24FN5O/c1-27-12-11-25-21(27)15-26-19-8-4-17(5-9-19)22(29)28-13-10-24-14-20(28)16-2-6-18(23)7-3-16/h2-9,11-12,20,24,26H,10,13-15H2,1H3. The maximum absolute atomic E-state index is 13.3. The van der Waals surface area contributed by atoms with Gasteiger partial charge in [0, 0.05) is 50.3 Å². The van der Waals surface area contributed by atoms with Crippen molar-refractivity contribution in [3.05, 3.63) is 83.7 Å². The number of carbonyl (C=O) groups excluding carboxylic acids is 1. The first-order chi connectivity index (χ1) is 14.1. The summed E-state index contributed by atoms with van der Waals surface area (Å²) < 4.78 is 15.2. The molecule has 0 bridgehead atoms. The van der Waals surface area contributed by atoms with Gasteiger partial charge in [-0.25, -0.2) is 9.37 Å². The Morgan fingerprint density at radius 2 is 1.97 bits per heavy atom. The minimum absolute atomic E-state index is 0.0172. The predicted octanol–water partition coefficient (Wildman–Crippen LogP) is 2.96. The van der Waals surface area contributed by atoms with Crippen molar-refractivity contribution in [2.24, 2.45) is 7.05 Å². The van der Waals surface area contributed by atoms with Crippen molar-refractivity contribution in [3.8, 4) is 0 Å². The number of hydrogen-bond acceptors (Lipinski definition) is 4. The first-order valence-corrected chi connectivity index (χ1v) is 9.69. The largest absolute Gasteiger partial charge is 0.378 e. The Balaban J connectivity index is 1.46. The van der Waals surface area contributed by atoms with E-state index >= 15 is 0 Å². The monoisotopic (exact) mass is 393 g/mol. The van der Waals surface area contributed by atoms with Gasteiger partial charge in [0.25, 0.3) is 5.91 Å². The average molecular weight is 393 g/mol. The maximum Gasteiger partial charge on any atom is 0.254 e. The van der Waals surface area contributed by atoms with Crippen LogP contribution < -0.4 is 10.6 Å². The number of rotatable bonds is 5. The van der Waals surface area contributed by atoms with Gasteiger partial charge < -0.3 is 20.1 Å². The summed E-state index contributed by atoms with van der Waals surface area (Å²) in [5.41, 5.74) is 2.50. The number of nitrogens with zero attached hydrogens (tertiary/aromatic N) is 3. The second-order valence-corrected chi connectivity index (χ2v) is 7.16. The van der Waals surface area contributed by atoms with Crippen LogP contribution in [0.3, 0.4) is 0 Å². The molecule has 0 radical (unpaired) electrons. The Labute approximate surface area is 169 Å². The number of aryl methyl sites for hydroxylation is 1. The molecule has 1 aromatic heterocycles. The lowest BCUT2D eigenvalue weighted by Gasteiger charge is -2.36. The van der Waals surface area contributed by atoms with Crippen LogP contribution in [0.25, 0.3) is 0 Å². The Morgan fingerprint density at radius 1 is 1.21 bits per heavy atom. The van der Waals surface area contributed by atoms with Crippen molar-refractivity contribution < 1.29 is 9.18 Å². The molecule has 1 fully saturated rings. The highest BCUT2D eigenvalue weighted by atomic mass is 19.1. The molecule has 1 atom stereocenters. The first-order valence-electron chi connectivity index (χ1n) is 9.69. The number of imidazole rings is 1. The van der Waals surface area contributed by atoms with Crippen LogP contribution in [-0.2, 0) is 13.6 Å². The molecule has 29 heavy (non-hydrogen) atoms. The van der Waals surface area contributed by atoms with E-state index in [2.05, 4.69) is 15.6 Å². The molecule has 2 heterocycles. The van der Waals surface area contributed by atoms with Crippen LogP contribution in [0.4, 0.5) is 10.1 Å². The normalized spacial score (nSPS) is 16.6. The fraction of sp³-hybridized carbons (Fsp3) is 0.273. The zero-order valence-electron chi connectivity index (χ0n) is 16.3. The fourth-order valence-corrected chi connectivity index (χ4v) is 3.57. The number of amides is 1. The molecule has 1 aliphatic rings. The molecule has 4 rings (SSSR count). The summed E-state index contributed by atoms with van der Waals surface area (Å²) >= 11 is 0. The highest BCUT2D eigenvalue weighted by Crippen LogP contribution is 2.25. The number of aromatic nitrogens is 2. The molecule has 1 unspecified atom stereocenters. The third kappa shape index (κ3) is 4.30. The Morgan fingerprint density at radius 3 is 2.66 bits per heavy atom. The number of piperazine rings is 1. The van der Waals surface area contributed by atoms with Gasteiger partial charge in [0.05, 0.1) is 12.6 Å². The van der Waals surface area contributed by atoms with Crippen molar-refractivity contribution >= 4 is 11.6 Å². The number of benzene rings is 2. The summed E-state index contributed by atoms with van der Waals surface area (Å²) in [6, 6.07) is 13.8. The summed E-state index contributed by atoms with van der Waals surface area (Å²) in [7, 11) is 1.96. The zero-order valence-corrected chi connectivity index (χ0v) is 16.3. The molecule has 3 aromatic rings. The Kier molecular flexibility index (Phi) is 5.57. The van der Waals surface area contributed by atoms with Gasteiger partial charge in [-0.05, 0) is 42.0 Å². The topological polar surface area (TPSA) is 62.2 Å². The second kappa shape index (κ2) is 8.45. The van der Waals surface area contributed by atoms with Crippen LogP contribution in [0.1, 0.15) is 27.8 Å². The highest BCUT2D eigenvalue weighted by Gasteiger charge is 2.28. The molecule has 1 saturated heterocycles. The second-order valence-electron chi connectivity index (χ2n) is 7.16. The van der Waals surface area contributed by atoms with E-state index in [9.17, 15) is 9.18 Å². The summed E-state index contributed by atoms with van der Waals surface area (Å²) in [5.74, 6) is 0.647. The molecule has 0 saturated carbocycles. The highest BCUT2D eigenvalue weighted by molar-refractivity contribution is 5.95. The third-order valence-corrected chi connectivity index (χ3v) is 5.26. The minimum atomic E-state index is -0.274. The van der Waals surface area contributed by atoms with E-state index in [1.165, 1.54) is 12.1 Å². The Hall–Kier alpha value is -3.19. The van der Waals surface area contributed by atoms with Crippen molar-refractivity contribution in [3.63, 3.8) is 0 Å². The maximum atomic E-state index is 13.3. The smallest absolute Gasteiger partial charge is 0.254 e. The van der Waals surface area contributed by atoms with E-state index in [-0.39, 0.29) is 17.8 Å². The molecule has 2 N–H and O–H groups in total. The number of nitrogens with one attached hydrogen (secondary N) is 2. The first kappa shape index (κ1) is 19.1. The van der Waals surface area contributed by atoms with Crippen molar-refractivity contribution in [1.82, 2.24) is 19.8 Å². The number of hydrogen-bond donors (Lipinski definition) is 2. The minimum Gasteiger partial charge on any atom is -0.378 e. The van der Waals surface area contributed by atoms with E-state index in [0.29, 0.717) is 25.2 Å². The summed E-state index contributed by atoms with van der Waals surface area (Å²) in [6.45, 7) is 2.62. The molecular formula is C22H24FN5O. The molecule has 6 nitrogen and oxygen atoms in total. The van der Waals surface area contributed by atoms with Crippen molar-refractivity contribution in [2.45, 2.75) is 12.6 Å². The van der Waals surface area contributed by atoms with Crippen LogP contribution in [-0.4, -0.2) is 40.0 Å². The fourth-order valence-electron chi connectivity index (χ4n) is 3.57. The van der Waals surface area contributed by atoms with Gasteiger partial charge in [0.1, 0.15) is 11.6 Å². The average Bonchev–Trinajstić information content (AvgIpc) is 3.17. The van der Waals surface area contributed by atoms with Gasteiger partial charge in [-0.1, -0.05) is 12.1 Å². The quantitative estimate of drug-likeness (QED) is 0.700. The van der Waals surface area contributed by atoms with Crippen LogP contribution >= 0.6 is 0 Å². The van der Waals surface area contributed by atoms with Gasteiger partial charge >= 0.3 is 0 Å². The van der Waals surface area contributed by atoms with E-state index in [1.54, 1.807) is 18.3 Å². The van der Waals surface area contributed by atoms with Gasteiger partial charge in [0.2, 0.25) is 0 Å². The van der Waals surface area contributed by atoms with Gasteiger partial charge in [-0.2, -0.15) is 0 Å². The lowest BCUT2D eigenvalue weighted by Crippen LogP contribution is -2.48.